The van der Waals surface area contributed by atoms with E-state index < -0.39 is 0 Å². The van der Waals surface area contributed by atoms with E-state index in [1.807, 2.05) is 18.2 Å². The van der Waals surface area contributed by atoms with E-state index in [2.05, 4.69) is 36.6 Å². The van der Waals surface area contributed by atoms with Gasteiger partial charge in [-0.25, -0.2) is 0 Å². The fourth-order valence-corrected chi connectivity index (χ4v) is 2.88. The largest absolute Gasteiger partial charge is 0.374 e. The highest BCUT2D eigenvalue weighted by Crippen LogP contribution is 2.17. The van der Waals surface area contributed by atoms with Crippen molar-refractivity contribution in [2.75, 3.05) is 19.7 Å². The lowest BCUT2D eigenvalue weighted by Gasteiger charge is -2.27. The van der Waals surface area contributed by atoms with Crippen molar-refractivity contribution in [2.45, 2.75) is 45.3 Å². The van der Waals surface area contributed by atoms with Gasteiger partial charge in [-0.1, -0.05) is 30.3 Å². The lowest BCUT2D eigenvalue weighted by Crippen LogP contribution is -2.42. The highest BCUT2D eigenvalue weighted by Gasteiger charge is 2.24. The Kier molecular flexibility index (Phi) is 6.87. The van der Waals surface area contributed by atoms with Gasteiger partial charge >= 0.3 is 0 Å². The molecule has 0 radical (unpaired) electrons. The molecule has 1 aliphatic rings. The van der Waals surface area contributed by atoms with Crippen molar-refractivity contribution in [3.8, 4) is 0 Å². The molecule has 3 atom stereocenters. The fourth-order valence-electron chi connectivity index (χ4n) is 2.88. The van der Waals surface area contributed by atoms with Crippen LogP contribution >= 0.6 is 0 Å². The number of rotatable bonds is 7. The lowest BCUT2D eigenvalue weighted by atomic mass is 9.92. The van der Waals surface area contributed by atoms with Crippen LogP contribution in [0.2, 0.25) is 0 Å². The minimum Gasteiger partial charge on any atom is -0.374 e. The molecular weight excluding hydrogens is 276 g/mol. The molecule has 1 heterocycles. The summed E-state index contributed by atoms with van der Waals surface area (Å²) >= 11 is 0. The van der Waals surface area contributed by atoms with Crippen LogP contribution in [0.25, 0.3) is 0 Å². The molecule has 1 aromatic carbocycles. The Morgan fingerprint density at radius 2 is 2.18 bits per heavy atom. The van der Waals surface area contributed by atoms with Crippen molar-refractivity contribution in [3.05, 3.63) is 35.9 Å². The summed E-state index contributed by atoms with van der Waals surface area (Å²) in [6.45, 7) is 6.50. The third-order valence-electron chi connectivity index (χ3n) is 4.25. The molecule has 0 spiro atoms. The predicted octanol–water partition coefficient (Wildman–Crippen LogP) is 2.66. The first-order valence-electron chi connectivity index (χ1n) is 8.34. The van der Waals surface area contributed by atoms with Crippen molar-refractivity contribution < 1.29 is 9.53 Å². The Bertz CT molecular complexity index is 450. The fraction of sp³-hybridized carbons (Fsp3) is 0.611. The van der Waals surface area contributed by atoms with E-state index in [-0.39, 0.29) is 17.9 Å². The van der Waals surface area contributed by atoms with Crippen molar-refractivity contribution in [1.82, 2.24) is 10.6 Å². The first-order valence-corrected chi connectivity index (χ1v) is 8.34. The Morgan fingerprint density at radius 3 is 2.91 bits per heavy atom. The van der Waals surface area contributed by atoms with Crippen LogP contribution in [-0.2, 0) is 9.53 Å². The highest BCUT2D eigenvalue weighted by molar-refractivity contribution is 5.78. The van der Waals surface area contributed by atoms with E-state index in [1.165, 1.54) is 5.56 Å². The number of ether oxygens (including phenoxy) is 1. The molecule has 1 aromatic rings. The van der Waals surface area contributed by atoms with Gasteiger partial charge in [0.15, 0.2) is 0 Å². The third-order valence-corrected chi connectivity index (χ3v) is 4.25. The number of hydrogen-bond acceptors (Lipinski definition) is 3. The number of carbonyl (C=O) groups excluding carboxylic acids is 1. The minimum atomic E-state index is 0.0992. The van der Waals surface area contributed by atoms with Crippen molar-refractivity contribution in [3.63, 3.8) is 0 Å². The average molecular weight is 304 g/mol. The van der Waals surface area contributed by atoms with Gasteiger partial charge in [-0.3, -0.25) is 4.79 Å². The SMILES string of the molecule is CC(OCCCNC(=O)[C@H]1CCN[C@@H](C)C1)c1ccccc1. The van der Waals surface area contributed by atoms with Crippen molar-refractivity contribution in [1.29, 1.82) is 0 Å². The number of carbonyl (C=O) groups is 1. The van der Waals surface area contributed by atoms with Gasteiger partial charge in [0.2, 0.25) is 5.91 Å². The summed E-state index contributed by atoms with van der Waals surface area (Å²) in [6, 6.07) is 10.6. The first-order chi connectivity index (χ1) is 10.7. The zero-order valence-electron chi connectivity index (χ0n) is 13.7. The molecule has 22 heavy (non-hydrogen) atoms. The van der Waals surface area contributed by atoms with Crippen molar-refractivity contribution in [2.24, 2.45) is 5.92 Å². The Morgan fingerprint density at radius 1 is 1.41 bits per heavy atom. The quantitative estimate of drug-likeness (QED) is 0.762. The molecule has 0 aromatic heterocycles. The monoisotopic (exact) mass is 304 g/mol. The summed E-state index contributed by atoms with van der Waals surface area (Å²) in [5.41, 5.74) is 1.19. The van der Waals surface area contributed by atoms with Crippen molar-refractivity contribution >= 4 is 5.91 Å². The van der Waals surface area contributed by atoms with E-state index >= 15 is 0 Å². The van der Waals surface area contributed by atoms with Crippen LogP contribution in [0.4, 0.5) is 0 Å². The van der Waals surface area contributed by atoms with Crippen LogP contribution in [0.1, 0.15) is 44.8 Å². The van der Waals surface area contributed by atoms with Gasteiger partial charge in [-0.05, 0) is 45.2 Å². The molecule has 4 nitrogen and oxygen atoms in total. The number of piperidine rings is 1. The molecule has 0 saturated carbocycles. The second-order valence-corrected chi connectivity index (χ2v) is 6.14. The maximum Gasteiger partial charge on any atom is 0.223 e. The van der Waals surface area contributed by atoms with Crippen LogP contribution < -0.4 is 10.6 Å². The van der Waals surface area contributed by atoms with Crippen LogP contribution in [0.15, 0.2) is 30.3 Å². The summed E-state index contributed by atoms with van der Waals surface area (Å²) in [7, 11) is 0. The van der Waals surface area contributed by atoms with Crippen LogP contribution in [-0.4, -0.2) is 31.6 Å². The van der Waals surface area contributed by atoms with Gasteiger partial charge in [-0.15, -0.1) is 0 Å². The molecular formula is C18H28N2O2. The normalized spacial score (nSPS) is 23.0. The minimum absolute atomic E-state index is 0.0992. The second kappa shape index (κ2) is 8.91. The van der Waals surface area contributed by atoms with Gasteiger partial charge in [-0.2, -0.15) is 0 Å². The molecule has 0 bridgehead atoms. The van der Waals surface area contributed by atoms with Crippen LogP contribution in [0, 0.1) is 5.92 Å². The number of amides is 1. The molecule has 1 aliphatic heterocycles. The molecule has 1 fully saturated rings. The van der Waals surface area contributed by atoms with Gasteiger partial charge in [0.1, 0.15) is 0 Å². The molecule has 0 aliphatic carbocycles. The third kappa shape index (κ3) is 5.43. The van der Waals surface area contributed by atoms with E-state index in [9.17, 15) is 4.79 Å². The summed E-state index contributed by atoms with van der Waals surface area (Å²) in [5.74, 6) is 0.366. The van der Waals surface area contributed by atoms with E-state index in [4.69, 9.17) is 4.74 Å². The molecule has 2 rings (SSSR count). The summed E-state index contributed by atoms with van der Waals surface area (Å²) in [6.07, 6.45) is 2.83. The summed E-state index contributed by atoms with van der Waals surface area (Å²) < 4.78 is 5.81. The van der Waals surface area contributed by atoms with E-state index in [0.717, 1.165) is 25.8 Å². The Labute approximate surface area is 133 Å². The zero-order valence-corrected chi connectivity index (χ0v) is 13.7. The lowest BCUT2D eigenvalue weighted by molar-refractivity contribution is -0.126. The number of benzene rings is 1. The predicted molar refractivity (Wildman–Crippen MR) is 88.6 cm³/mol. The molecule has 1 unspecified atom stereocenters. The van der Waals surface area contributed by atoms with Gasteiger partial charge in [0.05, 0.1) is 6.10 Å². The highest BCUT2D eigenvalue weighted by atomic mass is 16.5. The van der Waals surface area contributed by atoms with Gasteiger partial charge < -0.3 is 15.4 Å². The zero-order chi connectivity index (χ0) is 15.8. The number of nitrogens with one attached hydrogen (secondary N) is 2. The van der Waals surface area contributed by atoms with Gasteiger partial charge in [0, 0.05) is 25.1 Å². The number of hydrogen-bond donors (Lipinski definition) is 2. The molecule has 2 N–H and O–H groups in total. The second-order valence-electron chi connectivity index (χ2n) is 6.14. The van der Waals surface area contributed by atoms with E-state index in [0.29, 0.717) is 19.2 Å². The maximum atomic E-state index is 12.1. The molecule has 122 valence electrons. The molecule has 1 saturated heterocycles. The summed E-state index contributed by atoms with van der Waals surface area (Å²) in [4.78, 5) is 12.1. The Balaban J connectivity index is 1.58. The standard InChI is InChI=1S/C18H28N2O2/c1-14-13-17(9-11-19-14)18(21)20-10-6-12-22-15(2)16-7-4-3-5-8-16/h3-5,7-8,14-15,17,19H,6,9-13H2,1-2H3,(H,20,21)/t14-,15?,17-/m0/s1. The molecule has 4 heteroatoms. The summed E-state index contributed by atoms with van der Waals surface area (Å²) in [5, 5.41) is 6.41. The maximum absolute atomic E-state index is 12.1. The van der Waals surface area contributed by atoms with Gasteiger partial charge in [0.25, 0.3) is 0 Å². The smallest absolute Gasteiger partial charge is 0.223 e. The van der Waals surface area contributed by atoms with Crippen LogP contribution in [0.3, 0.4) is 0 Å². The average Bonchev–Trinajstić information content (AvgIpc) is 2.55. The molecule has 1 amide bonds. The Hall–Kier alpha value is -1.39. The van der Waals surface area contributed by atoms with E-state index in [1.54, 1.807) is 0 Å². The first kappa shape index (κ1) is 17.0. The van der Waals surface area contributed by atoms with Crippen LogP contribution in [0.5, 0.6) is 0 Å². The topological polar surface area (TPSA) is 50.4 Å².